The van der Waals surface area contributed by atoms with E-state index in [-0.39, 0.29) is 0 Å². The fourth-order valence-electron chi connectivity index (χ4n) is 4.39. The van der Waals surface area contributed by atoms with Crippen molar-refractivity contribution in [3.8, 4) is 0 Å². The molecule has 2 nitrogen and oxygen atoms in total. The van der Waals surface area contributed by atoms with Gasteiger partial charge in [-0.05, 0) is 48.9 Å². The average Bonchev–Trinajstić information content (AvgIpc) is 3.44. The van der Waals surface area contributed by atoms with E-state index in [9.17, 15) is 5.11 Å². The maximum absolute atomic E-state index is 9.27. The minimum absolute atomic E-state index is 0.294. The fraction of sp³-hybridized carbons (Fsp3) is 0.357. The van der Waals surface area contributed by atoms with Crippen LogP contribution < -0.4 is 0 Å². The summed E-state index contributed by atoms with van der Waals surface area (Å²) in [6.07, 6.45) is 7.45. The molecule has 0 spiro atoms. The van der Waals surface area contributed by atoms with Crippen LogP contribution >= 0.6 is 34.0 Å². The van der Waals surface area contributed by atoms with Crippen molar-refractivity contribution in [1.82, 2.24) is 0 Å². The van der Waals surface area contributed by atoms with Gasteiger partial charge in [0.05, 0.1) is 31.2 Å². The van der Waals surface area contributed by atoms with Gasteiger partial charge < -0.3 is 9.84 Å². The average molecular weight is 495 g/mol. The highest BCUT2D eigenvalue weighted by molar-refractivity contribution is 7.43. The molecule has 172 valence electrons. The van der Waals surface area contributed by atoms with Gasteiger partial charge in [-0.15, -0.1) is 34.0 Å². The van der Waals surface area contributed by atoms with Gasteiger partial charge in [-0.2, -0.15) is 0 Å². The molecule has 0 saturated heterocycles. The Morgan fingerprint density at radius 1 is 0.818 bits per heavy atom. The zero-order valence-corrected chi connectivity index (χ0v) is 21.6. The van der Waals surface area contributed by atoms with Gasteiger partial charge in [0.2, 0.25) is 0 Å². The number of ether oxygens (including phenoxy) is 1. The highest BCUT2D eigenvalue weighted by Crippen LogP contribution is 2.50. The van der Waals surface area contributed by atoms with Crippen LogP contribution in [0, 0.1) is 0 Å². The summed E-state index contributed by atoms with van der Waals surface area (Å²) >= 11 is 5.82. The summed E-state index contributed by atoms with van der Waals surface area (Å²) in [5.41, 5.74) is 2.66. The second kappa shape index (κ2) is 10.1. The third-order valence-electron chi connectivity index (χ3n) is 6.17. The molecule has 0 atom stereocenters. The molecular weight excluding hydrogens is 465 g/mol. The standard InChI is InChI=1S/C28H30O2S3/c1-3-4-7-14-30-17-20-11-13-22-24(16-20)32-28-26(22)33-25-21-12-10-19(9-6-5-8-18(2)29)15-23(21)31-27(25)28/h10-13,15-16,29H,2-9,14,17H2,1H3. The van der Waals surface area contributed by atoms with Gasteiger partial charge in [0.15, 0.2) is 0 Å². The first-order valence-electron chi connectivity index (χ1n) is 11.9. The molecule has 0 unspecified atom stereocenters. The number of rotatable bonds is 11. The maximum atomic E-state index is 9.27. The molecular formula is C28H30O2S3. The van der Waals surface area contributed by atoms with Crippen LogP contribution in [0.15, 0.2) is 48.7 Å². The van der Waals surface area contributed by atoms with E-state index < -0.39 is 0 Å². The van der Waals surface area contributed by atoms with Crippen LogP contribution in [0.2, 0.25) is 0 Å². The molecule has 3 aromatic heterocycles. The Bertz CT molecular complexity index is 1420. The number of hydrogen-bond donors (Lipinski definition) is 1. The van der Waals surface area contributed by atoms with Crippen molar-refractivity contribution in [2.75, 3.05) is 6.61 Å². The Kier molecular flexibility index (Phi) is 7.02. The molecule has 5 aromatic rings. The Balaban J connectivity index is 1.39. The van der Waals surface area contributed by atoms with Crippen LogP contribution in [0.5, 0.6) is 0 Å². The third kappa shape index (κ3) is 4.83. The van der Waals surface area contributed by atoms with Crippen LogP contribution in [0.4, 0.5) is 0 Å². The molecule has 0 aliphatic heterocycles. The summed E-state index contributed by atoms with van der Waals surface area (Å²) in [6, 6.07) is 13.8. The predicted octanol–water partition coefficient (Wildman–Crippen LogP) is 9.98. The Labute approximate surface area is 207 Å². The maximum Gasteiger partial charge on any atom is 0.0851 e. The number of aryl methyl sites for hydroxylation is 1. The second-order valence-electron chi connectivity index (χ2n) is 8.82. The number of aliphatic hydroxyl groups excluding tert-OH is 1. The number of allylic oxidation sites excluding steroid dienone is 1. The predicted molar refractivity (Wildman–Crippen MR) is 149 cm³/mol. The summed E-state index contributed by atoms with van der Waals surface area (Å²) in [5.74, 6) is 0.294. The quantitative estimate of drug-likeness (QED) is 0.146. The largest absolute Gasteiger partial charge is 0.513 e. The molecule has 1 N–H and O–H groups in total. The third-order valence-corrected chi connectivity index (χ3v) is 10.2. The van der Waals surface area contributed by atoms with Crippen molar-refractivity contribution >= 4 is 73.0 Å². The number of fused-ring (bicyclic) bond motifs is 7. The smallest absolute Gasteiger partial charge is 0.0851 e. The van der Waals surface area contributed by atoms with Gasteiger partial charge in [-0.1, -0.05) is 50.6 Å². The lowest BCUT2D eigenvalue weighted by Gasteiger charge is -2.04. The Hall–Kier alpha value is -1.92. The van der Waals surface area contributed by atoms with Crippen molar-refractivity contribution in [3.63, 3.8) is 0 Å². The summed E-state index contributed by atoms with van der Waals surface area (Å²) in [7, 11) is 0. The van der Waals surface area contributed by atoms with Gasteiger partial charge in [0.1, 0.15) is 0 Å². The topological polar surface area (TPSA) is 29.5 Å². The highest BCUT2D eigenvalue weighted by atomic mass is 32.1. The SMILES string of the molecule is C=C(O)CCCCc1ccc2c(c1)sc1c2sc2c3ccc(COCCCCC)cc3sc21. The monoisotopic (exact) mass is 494 g/mol. The number of unbranched alkanes of at least 4 members (excludes halogenated alkanes) is 3. The van der Waals surface area contributed by atoms with Gasteiger partial charge >= 0.3 is 0 Å². The van der Waals surface area contributed by atoms with E-state index in [0.717, 1.165) is 32.3 Å². The Morgan fingerprint density at radius 3 is 2.15 bits per heavy atom. The summed E-state index contributed by atoms with van der Waals surface area (Å²) in [6.45, 7) is 7.36. The van der Waals surface area contributed by atoms with Crippen molar-refractivity contribution in [2.24, 2.45) is 0 Å². The number of hydrogen-bond acceptors (Lipinski definition) is 5. The van der Waals surface area contributed by atoms with Crippen molar-refractivity contribution in [3.05, 3.63) is 59.9 Å². The van der Waals surface area contributed by atoms with E-state index in [0.29, 0.717) is 18.8 Å². The Morgan fingerprint density at radius 2 is 1.48 bits per heavy atom. The van der Waals surface area contributed by atoms with Crippen molar-refractivity contribution in [1.29, 1.82) is 0 Å². The van der Waals surface area contributed by atoms with E-state index in [1.54, 1.807) is 0 Å². The normalized spacial score (nSPS) is 12.0. The molecule has 0 aliphatic rings. The molecule has 3 heterocycles. The first-order valence-corrected chi connectivity index (χ1v) is 14.3. The number of benzene rings is 2. The molecule has 33 heavy (non-hydrogen) atoms. The molecule has 0 saturated carbocycles. The molecule has 0 bridgehead atoms. The minimum atomic E-state index is 0.294. The number of thiophene rings is 3. The fourth-order valence-corrected chi connectivity index (χ4v) is 8.78. The minimum Gasteiger partial charge on any atom is -0.513 e. The molecule has 0 amide bonds. The summed E-state index contributed by atoms with van der Waals surface area (Å²) in [4.78, 5) is 0. The summed E-state index contributed by atoms with van der Waals surface area (Å²) < 4.78 is 14.4. The van der Waals surface area contributed by atoms with Crippen LogP contribution in [0.1, 0.15) is 56.6 Å². The van der Waals surface area contributed by atoms with Crippen LogP contribution in [-0.4, -0.2) is 11.7 Å². The van der Waals surface area contributed by atoms with E-state index in [2.05, 4.69) is 49.9 Å². The van der Waals surface area contributed by atoms with Gasteiger partial charge in [0.25, 0.3) is 0 Å². The van der Waals surface area contributed by atoms with Crippen LogP contribution in [0.3, 0.4) is 0 Å². The number of aliphatic hydroxyl groups is 1. The van der Waals surface area contributed by atoms with Gasteiger partial charge in [-0.25, -0.2) is 0 Å². The molecule has 2 aromatic carbocycles. The first-order chi connectivity index (χ1) is 16.1. The summed E-state index contributed by atoms with van der Waals surface area (Å²) in [5, 5.41) is 12.0. The molecule has 0 aliphatic carbocycles. The molecule has 0 radical (unpaired) electrons. The van der Waals surface area contributed by atoms with Crippen LogP contribution in [0.25, 0.3) is 39.0 Å². The lowest BCUT2D eigenvalue weighted by molar-refractivity contribution is 0.117. The molecule has 5 rings (SSSR count). The van der Waals surface area contributed by atoms with E-state index >= 15 is 0 Å². The highest BCUT2D eigenvalue weighted by Gasteiger charge is 2.17. The zero-order valence-electron chi connectivity index (χ0n) is 19.1. The molecule has 5 heteroatoms. The van der Waals surface area contributed by atoms with E-state index in [4.69, 9.17) is 4.74 Å². The zero-order chi connectivity index (χ0) is 22.8. The van der Waals surface area contributed by atoms with Gasteiger partial charge in [0, 0.05) is 33.2 Å². The van der Waals surface area contributed by atoms with Gasteiger partial charge in [-0.3, -0.25) is 0 Å². The second-order valence-corrected chi connectivity index (χ2v) is 11.9. The van der Waals surface area contributed by atoms with E-state index in [1.165, 1.54) is 62.9 Å². The molecule has 0 fully saturated rings. The lowest BCUT2D eigenvalue weighted by Crippen LogP contribution is -1.95. The van der Waals surface area contributed by atoms with Crippen molar-refractivity contribution < 1.29 is 9.84 Å². The van der Waals surface area contributed by atoms with E-state index in [1.807, 2.05) is 34.0 Å². The first kappa shape index (κ1) is 22.9. The van der Waals surface area contributed by atoms with Crippen molar-refractivity contribution in [2.45, 2.75) is 58.5 Å². The lowest BCUT2D eigenvalue weighted by atomic mass is 10.1. The van der Waals surface area contributed by atoms with Crippen LogP contribution in [-0.2, 0) is 17.8 Å².